The van der Waals surface area contributed by atoms with Gasteiger partial charge in [-0.3, -0.25) is 19.6 Å². The molecule has 0 atom stereocenters. The number of aromatic nitrogens is 3. The van der Waals surface area contributed by atoms with E-state index < -0.39 is 5.60 Å². The Labute approximate surface area is 173 Å². The number of carbonyl (C=O) groups excluding carboxylic acids is 2. The Morgan fingerprint density at radius 1 is 0.900 bits per heavy atom. The second kappa shape index (κ2) is 7.14. The Hall–Kier alpha value is -3.39. The van der Waals surface area contributed by atoms with Gasteiger partial charge in [0.1, 0.15) is 11.3 Å². The van der Waals surface area contributed by atoms with Gasteiger partial charge in [0.2, 0.25) is 0 Å². The normalized spacial score (nSPS) is 17.8. The number of aliphatic hydroxyl groups is 1. The van der Waals surface area contributed by atoms with Crippen LogP contribution in [0.25, 0.3) is 22.2 Å². The number of nitrogens with zero attached hydrogens (tertiary/aromatic N) is 5. The summed E-state index contributed by atoms with van der Waals surface area (Å²) >= 11 is 0. The van der Waals surface area contributed by atoms with Gasteiger partial charge in [-0.05, 0) is 25.0 Å². The first-order valence-corrected chi connectivity index (χ1v) is 10.0. The number of fused-ring (bicyclic) bond motifs is 1. The van der Waals surface area contributed by atoms with Crippen molar-refractivity contribution in [3.63, 3.8) is 0 Å². The molecule has 8 nitrogen and oxygen atoms in total. The Kier molecular flexibility index (Phi) is 4.43. The Morgan fingerprint density at radius 3 is 2.33 bits per heavy atom. The maximum atomic E-state index is 12.8. The number of hydrogen-bond donors (Lipinski definition) is 1. The van der Waals surface area contributed by atoms with Gasteiger partial charge in [0.15, 0.2) is 0 Å². The fourth-order valence-electron chi connectivity index (χ4n) is 3.70. The topological polar surface area (TPSA) is 99.5 Å². The van der Waals surface area contributed by atoms with Gasteiger partial charge in [0, 0.05) is 43.3 Å². The van der Waals surface area contributed by atoms with Crippen LogP contribution in [0.1, 0.15) is 23.3 Å². The fraction of sp³-hybridized carbons (Fsp3) is 0.318. The second-order valence-electron chi connectivity index (χ2n) is 7.82. The molecule has 1 aliphatic heterocycles. The average Bonchev–Trinajstić information content (AvgIpc) is 3.56. The van der Waals surface area contributed by atoms with Crippen LogP contribution in [0.3, 0.4) is 0 Å². The van der Waals surface area contributed by atoms with Crippen LogP contribution >= 0.6 is 0 Å². The molecule has 152 valence electrons. The summed E-state index contributed by atoms with van der Waals surface area (Å²) in [5.74, 6) is -0.425. The van der Waals surface area contributed by atoms with Gasteiger partial charge in [-0.15, -0.1) is 0 Å². The second-order valence-corrected chi connectivity index (χ2v) is 7.82. The van der Waals surface area contributed by atoms with Crippen LogP contribution in [0.5, 0.6) is 0 Å². The van der Waals surface area contributed by atoms with E-state index >= 15 is 0 Å². The summed E-state index contributed by atoms with van der Waals surface area (Å²) in [6, 6.07) is 9.84. The maximum Gasteiger partial charge on any atom is 0.274 e. The van der Waals surface area contributed by atoms with E-state index in [2.05, 4.69) is 15.0 Å². The third kappa shape index (κ3) is 3.39. The first kappa shape index (κ1) is 18.6. The molecule has 0 radical (unpaired) electrons. The van der Waals surface area contributed by atoms with Crippen LogP contribution in [0.2, 0.25) is 0 Å². The van der Waals surface area contributed by atoms with Gasteiger partial charge >= 0.3 is 0 Å². The third-order valence-electron chi connectivity index (χ3n) is 5.73. The lowest BCUT2D eigenvalue weighted by atomic mass is 10.1. The minimum Gasteiger partial charge on any atom is -0.380 e. The lowest BCUT2D eigenvalue weighted by molar-refractivity contribution is -0.143. The maximum absolute atomic E-state index is 12.8. The third-order valence-corrected chi connectivity index (χ3v) is 5.73. The van der Waals surface area contributed by atoms with Crippen molar-refractivity contribution < 1.29 is 14.7 Å². The molecule has 30 heavy (non-hydrogen) atoms. The van der Waals surface area contributed by atoms with Crippen molar-refractivity contribution in [1.82, 2.24) is 24.8 Å². The molecule has 0 bridgehead atoms. The van der Waals surface area contributed by atoms with Crippen molar-refractivity contribution in [2.75, 3.05) is 26.2 Å². The van der Waals surface area contributed by atoms with E-state index in [4.69, 9.17) is 0 Å². The van der Waals surface area contributed by atoms with Crippen molar-refractivity contribution >= 4 is 22.7 Å². The number of para-hydroxylation sites is 1. The predicted molar refractivity (Wildman–Crippen MR) is 109 cm³/mol. The summed E-state index contributed by atoms with van der Waals surface area (Å²) < 4.78 is 0. The number of carbonyl (C=O) groups is 2. The van der Waals surface area contributed by atoms with Crippen molar-refractivity contribution in [2.45, 2.75) is 18.4 Å². The standard InChI is InChI=1S/C22H21N5O3/c28-20(26-7-9-27(10-8-26)21(29)22(30)5-6-22)19-14-24-18(13-25-19)16-11-15-3-1-2-4-17(15)23-12-16/h1-4,11-14,30H,5-10H2. The van der Waals surface area contributed by atoms with E-state index in [1.807, 2.05) is 30.3 Å². The molecule has 1 N–H and O–H groups in total. The number of pyridine rings is 1. The van der Waals surface area contributed by atoms with Gasteiger partial charge in [-0.1, -0.05) is 18.2 Å². The lowest BCUT2D eigenvalue weighted by Crippen LogP contribution is -2.53. The van der Waals surface area contributed by atoms with Crippen LogP contribution in [0.15, 0.2) is 48.9 Å². The van der Waals surface area contributed by atoms with E-state index in [0.29, 0.717) is 44.7 Å². The average molecular weight is 403 g/mol. The van der Waals surface area contributed by atoms with E-state index in [1.54, 1.807) is 22.2 Å². The zero-order valence-corrected chi connectivity index (χ0v) is 16.4. The Bertz CT molecular complexity index is 1120. The van der Waals surface area contributed by atoms with Crippen LogP contribution in [0, 0.1) is 0 Å². The molecular formula is C22H21N5O3. The predicted octanol–water partition coefficient (Wildman–Crippen LogP) is 1.50. The molecule has 0 spiro atoms. The van der Waals surface area contributed by atoms with E-state index in [0.717, 1.165) is 16.5 Å². The molecule has 2 amide bonds. The highest BCUT2D eigenvalue weighted by Crippen LogP contribution is 2.37. The molecule has 2 aliphatic rings. The Balaban J connectivity index is 1.26. The fourth-order valence-corrected chi connectivity index (χ4v) is 3.70. The molecule has 1 saturated carbocycles. The summed E-state index contributed by atoms with van der Waals surface area (Å²) in [6.07, 6.45) is 5.87. The van der Waals surface area contributed by atoms with Gasteiger partial charge in [0.25, 0.3) is 11.8 Å². The molecule has 1 aromatic carbocycles. The number of benzene rings is 1. The molecule has 5 rings (SSSR count). The van der Waals surface area contributed by atoms with Crippen molar-refractivity contribution in [3.8, 4) is 11.3 Å². The molecule has 1 saturated heterocycles. The molecule has 8 heteroatoms. The van der Waals surface area contributed by atoms with E-state index in [-0.39, 0.29) is 17.5 Å². The van der Waals surface area contributed by atoms with Gasteiger partial charge in [-0.2, -0.15) is 0 Å². The van der Waals surface area contributed by atoms with Crippen molar-refractivity contribution in [1.29, 1.82) is 0 Å². The number of amides is 2. The van der Waals surface area contributed by atoms with Crippen LogP contribution in [-0.2, 0) is 4.79 Å². The number of rotatable bonds is 3. The lowest BCUT2D eigenvalue weighted by Gasteiger charge is -2.35. The SMILES string of the molecule is O=C(c1cnc(-c2cnc3ccccc3c2)cn1)N1CCN(C(=O)C2(O)CC2)CC1. The number of hydrogen-bond acceptors (Lipinski definition) is 6. The first-order chi connectivity index (χ1) is 14.5. The molecule has 1 aliphatic carbocycles. The van der Waals surface area contributed by atoms with Crippen LogP contribution < -0.4 is 0 Å². The first-order valence-electron chi connectivity index (χ1n) is 10.0. The van der Waals surface area contributed by atoms with Crippen molar-refractivity contribution in [3.05, 3.63) is 54.6 Å². The summed E-state index contributed by atoms with van der Waals surface area (Å²) in [6.45, 7) is 1.67. The van der Waals surface area contributed by atoms with Crippen LogP contribution in [0.4, 0.5) is 0 Å². The molecular weight excluding hydrogens is 382 g/mol. The highest BCUT2D eigenvalue weighted by molar-refractivity contribution is 5.93. The largest absolute Gasteiger partial charge is 0.380 e. The zero-order valence-electron chi connectivity index (χ0n) is 16.4. The van der Waals surface area contributed by atoms with Gasteiger partial charge < -0.3 is 14.9 Å². The summed E-state index contributed by atoms with van der Waals surface area (Å²) in [7, 11) is 0. The summed E-state index contributed by atoms with van der Waals surface area (Å²) in [5.41, 5.74) is 1.51. The van der Waals surface area contributed by atoms with E-state index in [9.17, 15) is 14.7 Å². The van der Waals surface area contributed by atoms with Gasteiger partial charge in [0.05, 0.1) is 23.6 Å². The molecule has 2 aromatic heterocycles. The number of piperazine rings is 1. The zero-order chi connectivity index (χ0) is 20.7. The quantitative estimate of drug-likeness (QED) is 0.712. The Morgan fingerprint density at radius 2 is 1.63 bits per heavy atom. The summed E-state index contributed by atoms with van der Waals surface area (Å²) in [4.78, 5) is 41.5. The van der Waals surface area contributed by atoms with Crippen molar-refractivity contribution in [2.24, 2.45) is 0 Å². The molecule has 3 heterocycles. The monoisotopic (exact) mass is 403 g/mol. The highest BCUT2D eigenvalue weighted by Gasteiger charge is 2.50. The van der Waals surface area contributed by atoms with Gasteiger partial charge in [-0.25, -0.2) is 4.98 Å². The van der Waals surface area contributed by atoms with E-state index in [1.165, 1.54) is 6.20 Å². The molecule has 0 unspecified atom stereocenters. The minimum atomic E-state index is -1.16. The summed E-state index contributed by atoms with van der Waals surface area (Å²) in [5, 5.41) is 11.0. The molecule has 2 fully saturated rings. The van der Waals surface area contributed by atoms with Crippen LogP contribution in [-0.4, -0.2) is 73.5 Å². The highest BCUT2D eigenvalue weighted by atomic mass is 16.3. The molecule has 3 aromatic rings. The minimum absolute atomic E-state index is 0.206. The smallest absolute Gasteiger partial charge is 0.274 e.